The molecule has 1 aromatic rings. The number of rotatable bonds is 2. The summed E-state index contributed by atoms with van der Waals surface area (Å²) in [5, 5.41) is 8.33. The normalized spacial score (nSPS) is 9.53. The summed E-state index contributed by atoms with van der Waals surface area (Å²) >= 11 is 0. The Kier molecular flexibility index (Phi) is 3.93. The van der Waals surface area contributed by atoms with Crippen molar-refractivity contribution < 1.29 is 9.90 Å². The molecule has 15 heavy (non-hydrogen) atoms. The lowest BCUT2D eigenvalue weighted by Gasteiger charge is -2.04. The highest BCUT2D eigenvalue weighted by Crippen LogP contribution is 2.14. The molecule has 1 rings (SSSR count). The molecule has 0 bridgehead atoms. The molecule has 0 amide bonds. The van der Waals surface area contributed by atoms with E-state index in [1.165, 1.54) is 5.56 Å². The van der Waals surface area contributed by atoms with Gasteiger partial charge in [-0.25, -0.2) is 4.79 Å². The number of carboxylic acid groups (broad SMARTS) is 1. The Balaban J connectivity index is 2.66. The summed E-state index contributed by atoms with van der Waals surface area (Å²) in [5.74, 6) is 4.14. The third-order valence-electron chi connectivity index (χ3n) is 2.13. The van der Waals surface area contributed by atoms with Crippen molar-refractivity contribution in [2.24, 2.45) is 0 Å². The Labute approximate surface area is 89.9 Å². The zero-order valence-corrected chi connectivity index (χ0v) is 8.95. The molecule has 0 aliphatic heterocycles. The number of benzene rings is 1. The van der Waals surface area contributed by atoms with Crippen molar-refractivity contribution in [3.63, 3.8) is 0 Å². The number of carboxylic acids is 1. The minimum atomic E-state index is -1.08. The van der Waals surface area contributed by atoms with Gasteiger partial charge in [-0.3, -0.25) is 0 Å². The van der Waals surface area contributed by atoms with Crippen LogP contribution < -0.4 is 0 Å². The fourth-order valence-corrected chi connectivity index (χ4v) is 1.24. The van der Waals surface area contributed by atoms with Crippen molar-refractivity contribution in [2.45, 2.75) is 26.2 Å². The van der Waals surface area contributed by atoms with E-state index in [0.717, 1.165) is 5.56 Å². The molecule has 0 saturated carbocycles. The number of hydrogen-bond donors (Lipinski definition) is 1. The van der Waals surface area contributed by atoms with E-state index in [1.807, 2.05) is 12.1 Å². The average molecular weight is 202 g/mol. The van der Waals surface area contributed by atoms with E-state index in [-0.39, 0.29) is 0 Å². The van der Waals surface area contributed by atoms with Gasteiger partial charge in [-0.05, 0) is 17.0 Å². The van der Waals surface area contributed by atoms with E-state index in [2.05, 4.69) is 37.8 Å². The van der Waals surface area contributed by atoms with E-state index >= 15 is 0 Å². The van der Waals surface area contributed by atoms with Crippen LogP contribution in [0, 0.1) is 11.8 Å². The molecular formula is C13H14O2. The molecule has 0 atom stereocenters. The lowest BCUT2D eigenvalue weighted by molar-refractivity contribution is -0.130. The highest BCUT2D eigenvalue weighted by molar-refractivity contribution is 5.86. The predicted octanol–water partition coefficient (Wildman–Crippen LogP) is 2.44. The Bertz CT molecular complexity index is 391. The monoisotopic (exact) mass is 202 g/mol. The largest absolute Gasteiger partial charge is 0.472 e. The first kappa shape index (κ1) is 11.3. The second kappa shape index (κ2) is 5.21. The van der Waals surface area contributed by atoms with Crippen LogP contribution >= 0.6 is 0 Å². The third-order valence-corrected chi connectivity index (χ3v) is 2.13. The van der Waals surface area contributed by atoms with E-state index < -0.39 is 5.97 Å². The molecule has 1 N–H and O–H groups in total. The van der Waals surface area contributed by atoms with Gasteiger partial charge in [-0.15, -0.1) is 0 Å². The molecule has 0 fully saturated rings. The van der Waals surface area contributed by atoms with E-state index in [9.17, 15) is 4.79 Å². The molecule has 2 heteroatoms. The standard InChI is InChI=1S/C13H14O2/c1-10(2)12-8-6-11(7-9-12)4-3-5-13(14)15/h6-10H,4H2,1-2H3,(H,14,15). The Hall–Kier alpha value is -1.75. The lowest BCUT2D eigenvalue weighted by atomic mass is 10.0. The maximum Gasteiger partial charge on any atom is 0.381 e. The summed E-state index contributed by atoms with van der Waals surface area (Å²) < 4.78 is 0. The quantitative estimate of drug-likeness (QED) is 0.748. The third kappa shape index (κ3) is 3.86. The van der Waals surface area contributed by atoms with Gasteiger partial charge in [0, 0.05) is 12.3 Å². The second-order valence-electron chi connectivity index (χ2n) is 3.68. The van der Waals surface area contributed by atoms with Crippen molar-refractivity contribution in [3.05, 3.63) is 35.4 Å². The van der Waals surface area contributed by atoms with Crippen molar-refractivity contribution in [1.29, 1.82) is 0 Å². The van der Waals surface area contributed by atoms with Crippen LogP contribution in [0.25, 0.3) is 0 Å². The highest BCUT2D eigenvalue weighted by atomic mass is 16.4. The van der Waals surface area contributed by atoms with Crippen molar-refractivity contribution in [1.82, 2.24) is 0 Å². The first-order chi connectivity index (χ1) is 7.09. The van der Waals surface area contributed by atoms with Crippen LogP contribution in [-0.2, 0) is 11.2 Å². The average Bonchev–Trinajstić information content (AvgIpc) is 2.18. The molecule has 0 aliphatic carbocycles. The maximum atomic E-state index is 10.2. The minimum absolute atomic E-state index is 0.491. The van der Waals surface area contributed by atoms with Gasteiger partial charge >= 0.3 is 5.97 Å². The maximum absolute atomic E-state index is 10.2. The van der Waals surface area contributed by atoms with Crippen LogP contribution in [0.4, 0.5) is 0 Å². The fourth-order valence-electron chi connectivity index (χ4n) is 1.24. The van der Waals surface area contributed by atoms with Crippen LogP contribution in [0.1, 0.15) is 30.9 Å². The Morgan fingerprint density at radius 1 is 1.33 bits per heavy atom. The van der Waals surface area contributed by atoms with Gasteiger partial charge < -0.3 is 5.11 Å². The Morgan fingerprint density at radius 3 is 2.40 bits per heavy atom. The van der Waals surface area contributed by atoms with Crippen molar-refractivity contribution in [2.75, 3.05) is 0 Å². The van der Waals surface area contributed by atoms with Gasteiger partial charge in [-0.1, -0.05) is 44.0 Å². The first-order valence-electron chi connectivity index (χ1n) is 4.90. The molecule has 0 spiro atoms. The van der Waals surface area contributed by atoms with Crippen molar-refractivity contribution >= 4 is 5.97 Å². The highest BCUT2D eigenvalue weighted by Gasteiger charge is 1.97. The zero-order valence-electron chi connectivity index (χ0n) is 8.95. The smallest absolute Gasteiger partial charge is 0.381 e. The SMILES string of the molecule is CC(C)c1ccc(CC#CC(=O)O)cc1. The summed E-state index contributed by atoms with van der Waals surface area (Å²) in [6, 6.07) is 8.10. The number of hydrogen-bond acceptors (Lipinski definition) is 1. The Morgan fingerprint density at radius 2 is 1.93 bits per heavy atom. The van der Waals surface area contributed by atoms with Gasteiger partial charge in [0.1, 0.15) is 0 Å². The van der Waals surface area contributed by atoms with Crippen LogP contribution in [0.2, 0.25) is 0 Å². The molecule has 0 aliphatic rings. The summed E-state index contributed by atoms with van der Waals surface area (Å²) in [6.07, 6.45) is 0.491. The minimum Gasteiger partial charge on any atom is -0.472 e. The van der Waals surface area contributed by atoms with Crippen molar-refractivity contribution in [3.8, 4) is 11.8 Å². The first-order valence-corrected chi connectivity index (χ1v) is 4.90. The van der Waals surface area contributed by atoms with E-state index in [4.69, 9.17) is 5.11 Å². The molecule has 78 valence electrons. The van der Waals surface area contributed by atoms with Gasteiger partial charge in [0.25, 0.3) is 0 Å². The molecule has 1 aromatic carbocycles. The molecule has 0 saturated heterocycles. The summed E-state index contributed by atoms with van der Waals surface area (Å²) in [6.45, 7) is 4.28. The summed E-state index contributed by atoms with van der Waals surface area (Å²) in [7, 11) is 0. The molecule has 0 aromatic heterocycles. The van der Waals surface area contributed by atoms with Crippen LogP contribution in [-0.4, -0.2) is 11.1 Å². The fraction of sp³-hybridized carbons (Fsp3) is 0.308. The lowest BCUT2D eigenvalue weighted by Crippen LogP contribution is -1.90. The summed E-state index contributed by atoms with van der Waals surface area (Å²) in [4.78, 5) is 10.2. The van der Waals surface area contributed by atoms with Gasteiger partial charge in [0.15, 0.2) is 0 Å². The topological polar surface area (TPSA) is 37.3 Å². The van der Waals surface area contributed by atoms with Gasteiger partial charge in [-0.2, -0.15) is 0 Å². The zero-order chi connectivity index (χ0) is 11.3. The number of aliphatic carboxylic acids is 1. The van der Waals surface area contributed by atoms with E-state index in [0.29, 0.717) is 12.3 Å². The van der Waals surface area contributed by atoms with Crippen LogP contribution in [0.15, 0.2) is 24.3 Å². The summed E-state index contributed by atoms with van der Waals surface area (Å²) in [5.41, 5.74) is 2.33. The van der Waals surface area contributed by atoms with Gasteiger partial charge in [0.05, 0.1) is 0 Å². The van der Waals surface area contributed by atoms with Crippen LogP contribution in [0.3, 0.4) is 0 Å². The molecule has 0 radical (unpaired) electrons. The van der Waals surface area contributed by atoms with E-state index in [1.54, 1.807) is 0 Å². The van der Waals surface area contributed by atoms with Crippen LogP contribution in [0.5, 0.6) is 0 Å². The van der Waals surface area contributed by atoms with Gasteiger partial charge in [0.2, 0.25) is 0 Å². The molecular weight excluding hydrogens is 188 g/mol. The molecule has 0 unspecified atom stereocenters. The number of carbonyl (C=O) groups is 1. The second-order valence-corrected chi connectivity index (χ2v) is 3.68. The molecule has 0 heterocycles. The molecule has 2 nitrogen and oxygen atoms in total. The predicted molar refractivity (Wildman–Crippen MR) is 59.6 cm³/mol.